The van der Waals surface area contributed by atoms with Gasteiger partial charge >= 0.3 is 0 Å². The SMILES string of the molecule is CO[C@H]1OC[C@@H](NC(C)=O)[C@@H](O)[C@H]1O. The van der Waals surface area contributed by atoms with Crippen LogP contribution in [0.15, 0.2) is 0 Å². The number of aliphatic hydroxyl groups excluding tert-OH is 2. The van der Waals surface area contributed by atoms with Crippen LogP contribution in [0.5, 0.6) is 0 Å². The van der Waals surface area contributed by atoms with Gasteiger partial charge in [0.05, 0.1) is 12.6 Å². The second-order valence-corrected chi connectivity index (χ2v) is 3.23. The van der Waals surface area contributed by atoms with E-state index in [9.17, 15) is 15.0 Å². The first-order valence-electron chi connectivity index (χ1n) is 4.34. The van der Waals surface area contributed by atoms with Gasteiger partial charge in [0.25, 0.3) is 0 Å². The Balaban J connectivity index is 2.54. The lowest BCUT2D eigenvalue weighted by atomic mass is 10.0. The number of aliphatic hydroxyl groups is 2. The minimum Gasteiger partial charge on any atom is -0.388 e. The molecule has 4 atom stereocenters. The highest BCUT2D eigenvalue weighted by atomic mass is 16.7. The predicted molar refractivity (Wildman–Crippen MR) is 46.4 cm³/mol. The molecule has 0 bridgehead atoms. The van der Waals surface area contributed by atoms with Crippen molar-refractivity contribution in [3.63, 3.8) is 0 Å². The summed E-state index contributed by atoms with van der Waals surface area (Å²) in [5, 5.41) is 21.5. The molecule has 1 aliphatic rings. The van der Waals surface area contributed by atoms with Crippen molar-refractivity contribution in [3.8, 4) is 0 Å². The zero-order valence-corrected chi connectivity index (χ0v) is 8.14. The van der Waals surface area contributed by atoms with Gasteiger partial charge in [-0.15, -0.1) is 0 Å². The van der Waals surface area contributed by atoms with Crippen LogP contribution in [0.1, 0.15) is 6.92 Å². The minimum atomic E-state index is -1.15. The summed E-state index contributed by atoms with van der Waals surface area (Å²) in [4.78, 5) is 10.7. The van der Waals surface area contributed by atoms with Gasteiger partial charge in [0.2, 0.25) is 5.91 Å². The number of hydrogen-bond acceptors (Lipinski definition) is 5. The highest BCUT2D eigenvalue weighted by Gasteiger charge is 2.38. The molecule has 6 heteroatoms. The maximum atomic E-state index is 10.7. The largest absolute Gasteiger partial charge is 0.388 e. The van der Waals surface area contributed by atoms with Crippen molar-refractivity contribution in [3.05, 3.63) is 0 Å². The second-order valence-electron chi connectivity index (χ2n) is 3.23. The minimum absolute atomic E-state index is 0.121. The van der Waals surface area contributed by atoms with Crippen LogP contribution in [0.2, 0.25) is 0 Å². The van der Waals surface area contributed by atoms with Crippen LogP contribution in [0.3, 0.4) is 0 Å². The summed E-state index contributed by atoms with van der Waals surface area (Å²) in [5.41, 5.74) is 0. The van der Waals surface area contributed by atoms with E-state index in [4.69, 9.17) is 9.47 Å². The van der Waals surface area contributed by atoms with Crippen molar-refractivity contribution >= 4 is 5.91 Å². The molecule has 0 radical (unpaired) electrons. The van der Waals surface area contributed by atoms with Crippen molar-refractivity contribution in [2.75, 3.05) is 13.7 Å². The van der Waals surface area contributed by atoms with E-state index in [1.807, 2.05) is 0 Å². The molecule has 3 N–H and O–H groups in total. The van der Waals surface area contributed by atoms with Crippen LogP contribution < -0.4 is 5.32 Å². The molecule has 0 saturated carbocycles. The zero-order valence-electron chi connectivity index (χ0n) is 8.14. The fourth-order valence-corrected chi connectivity index (χ4v) is 1.39. The first-order chi connectivity index (χ1) is 6.56. The maximum Gasteiger partial charge on any atom is 0.217 e. The number of nitrogens with one attached hydrogen (secondary N) is 1. The summed E-state index contributed by atoms with van der Waals surface area (Å²) >= 11 is 0. The van der Waals surface area contributed by atoms with Gasteiger partial charge in [-0.3, -0.25) is 4.79 Å². The Morgan fingerprint density at radius 2 is 2.14 bits per heavy atom. The van der Waals surface area contributed by atoms with Crippen LogP contribution in [-0.2, 0) is 14.3 Å². The quantitative estimate of drug-likeness (QED) is 0.496. The van der Waals surface area contributed by atoms with Crippen LogP contribution in [-0.4, -0.2) is 54.4 Å². The smallest absolute Gasteiger partial charge is 0.217 e. The Kier molecular flexibility index (Phi) is 3.82. The highest BCUT2D eigenvalue weighted by Crippen LogP contribution is 2.15. The van der Waals surface area contributed by atoms with E-state index in [0.29, 0.717) is 0 Å². The molecule has 1 heterocycles. The van der Waals surface area contributed by atoms with E-state index in [2.05, 4.69) is 5.32 Å². The summed E-state index contributed by atoms with van der Waals surface area (Å²) < 4.78 is 9.86. The lowest BCUT2D eigenvalue weighted by Gasteiger charge is -2.36. The Morgan fingerprint density at radius 1 is 1.50 bits per heavy atom. The lowest BCUT2D eigenvalue weighted by molar-refractivity contribution is -0.240. The average Bonchev–Trinajstić information content (AvgIpc) is 2.13. The summed E-state index contributed by atoms with van der Waals surface area (Å²) in [7, 11) is 1.37. The monoisotopic (exact) mass is 205 g/mol. The Hall–Kier alpha value is -0.690. The molecule has 6 nitrogen and oxygen atoms in total. The fraction of sp³-hybridized carbons (Fsp3) is 0.875. The molecule has 1 fully saturated rings. The Labute approximate surface area is 81.8 Å². The van der Waals surface area contributed by atoms with Crippen LogP contribution in [0.4, 0.5) is 0 Å². The van der Waals surface area contributed by atoms with E-state index >= 15 is 0 Å². The third-order valence-electron chi connectivity index (χ3n) is 2.10. The van der Waals surface area contributed by atoms with Crippen LogP contribution in [0.25, 0.3) is 0 Å². The normalized spacial score (nSPS) is 38.0. The van der Waals surface area contributed by atoms with E-state index in [-0.39, 0.29) is 12.5 Å². The number of carbonyl (C=O) groups excluding carboxylic acids is 1. The first-order valence-corrected chi connectivity index (χ1v) is 4.34. The Morgan fingerprint density at radius 3 is 2.64 bits per heavy atom. The molecule has 14 heavy (non-hydrogen) atoms. The third kappa shape index (κ3) is 2.42. The van der Waals surface area contributed by atoms with Crippen molar-refractivity contribution in [1.82, 2.24) is 5.32 Å². The molecular weight excluding hydrogens is 190 g/mol. The molecule has 1 aliphatic heterocycles. The summed E-state index contributed by atoms with van der Waals surface area (Å²) in [5.74, 6) is -0.277. The predicted octanol–water partition coefficient (Wildman–Crippen LogP) is -1.78. The highest BCUT2D eigenvalue weighted by molar-refractivity contribution is 5.73. The number of methoxy groups -OCH3 is 1. The standard InChI is InChI=1S/C8H15NO5/c1-4(10)9-5-3-14-8(13-2)7(12)6(5)11/h5-8,11-12H,3H2,1-2H3,(H,9,10)/t5-,6-,7-,8+/m1/s1. The zero-order chi connectivity index (χ0) is 10.7. The summed E-state index contributed by atoms with van der Waals surface area (Å²) in [6.07, 6.45) is -3.06. The molecule has 0 aromatic heterocycles. The van der Waals surface area contributed by atoms with Gasteiger partial charge in [0.1, 0.15) is 12.2 Å². The number of amides is 1. The third-order valence-corrected chi connectivity index (χ3v) is 2.10. The molecule has 82 valence electrons. The van der Waals surface area contributed by atoms with Crippen molar-refractivity contribution < 1.29 is 24.5 Å². The number of ether oxygens (including phenoxy) is 2. The van der Waals surface area contributed by atoms with E-state index in [0.717, 1.165) is 0 Å². The van der Waals surface area contributed by atoms with Crippen molar-refractivity contribution in [2.24, 2.45) is 0 Å². The van der Waals surface area contributed by atoms with Gasteiger partial charge in [-0.1, -0.05) is 0 Å². The molecule has 1 saturated heterocycles. The van der Waals surface area contributed by atoms with Crippen molar-refractivity contribution in [1.29, 1.82) is 0 Å². The molecule has 0 spiro atoms. The molecule has 1 rings (SSSR count). The van der Waals surface area contributed by atoms with E-state index in [1.165, 1.54) is 14.0 Å². The maximum absolute atomic E-state index is 10.7. The van der Waals surface area contributed by atoms with Crippen molar-refractivity contribution in [2.45, 2.75) is 31.5 Å². The van der Waals surface area contributed by atoms with E-state index < -0.39 is 24.5 Å². The molecule has 0 unspecified atom stereocenters. The van der Waals surface area contributed by atoms with Gasteiger partial charge in [-0.25, -0.2) is 0 Å². The molecule has 0 aliphatic carbocycles. The van der Waals surface area contributed by atoms with E-state index in [1.54, 1.807) is 0 Å². The molecular formula is C8H15NO5. The number of rotatable bonds is 2. The summed E-state index contributed by atoms with van der Waals surface area (Å²) in [6, 6.07) is -0.589. The second kappa shape index (κ2) is 4.70. The average molecular weight is 205 g/mol. The number of carbonyl (C=O) groups is 1. The van der Waals surface area contributed by atoms with Crippen LogP contribution in [0, 0.1) is 0 Å². The van der Waals surface area contributed by atoms with Crippen LogP contribution >= 0.6 is 0 Å². The lowest BCUT2D eigenvalue weighted by Crippen LogP contribution is -2.59. The van der Waals surface area contributed by atoms with Gasteiger partial charge < -0.3 is 25.0 Å². The first kappa shape index (κ1) is 11.4. The molecule has 0 aromatic rings. The van der Waals surface area contributed by atoms with Gasteiger partial charge in [0.15, 0.2) is 6.29 Å². The topological polar surface area (TPSA) is 88.0 Å². The molecule has 0 aromatic carbocycles. The van der Waals surface area contributed by atoms with Gasteiger partial charge in [0, 0.05) is 14.0 Å². The Bertz CT molecular complexity index is 210. The number of hydrogen-bond donors (Lipinski definition) is 3. The summed E-state index contributed by atoms with van der Waals surface area (Å²) in [6.45, 7) is 1.46. The fourth-order valence-electron chi connectivity index (χ4n) is 1.39. The molecule has 1 amide bonds. The van der Waals surface area contributed by atoms with Gasteiger partial charge in [-0.2, -0.15) is 0 Å². The van der Waals surface area contributed by atoms with Gasteiger partial charge in [-0.05, 0) is 0 Å².